The highest BCUT2D eigenvalue weighted by molar-refractivity contribution is 7.89. The zero-order valence-corrected chi connectivity index (χ0v) is 19.2. The van der Waals surface area contributed by atoms with Crippen LogP contribution in [0.25, 0.3) is 0 Å². The summed E-state index contributed by atoms with van der Waals surface area (Å²) in [5, 5.41) is 3.33. The normalized spacial score (nSPS) is 26.8. The van der Waals surface area contributed by atoms with Gasteiger partial charge in [-0.3, -0.25) is 9.89 Å². The smallest absolute Gasteiger partial charge is 0.213 e. The van der Waals surface area contributed by atoms with E-state index in [9.17, 15) is 8.42 Å². The van der Waals surface area contributed by atoms with Gasteiger partial charge in [0.2, 0.25) is 10.0 Å². The highest BCUT2D eigenvalue weighted by Gasteiger charge is 2.27. The molecule has 10 heteroatoms. The van der Waals surface area contributed by atoms with Crippen LogP contribution >= 0.6 is 0 Å². The molecule has 2 N–H and O–H groups in total. The lowest BCUT2D eigenvalue weighted by molar-refractivity contribution is 0.0200. The summed E-state index contributed by atoms with van der Waals surface area (Å²) in [5.74, 6) is 1.44. The van der Waals surface area contributed by atoms with Crippen LogP contribution in [-0.4, -0.2) is 108 Å². The fourth-order valence-corrected chi connectivity index (χ4v) is 5.20. The van der Waals surface area contributed by atoms with Crippen LogP contribution in [0.3, 0.4) is 0 Å². The van der Waals surface area contributed by atoms with Crippen molar-refractivity contribution in [2.75, 3.05) is 77.9 Å². The van der Waals surface area contributed by atoms with E-state index in [4.69, 9.17) is 9.47 Å². The second-order valence-electron chi connectivity index (χ2n) is 8.41. The Balaban J connectivity index is 1.43. The molecular weight excluding hydrogens is 406 g/mol. The molecule has 30 heavy (non-hydrogen) atoms. The Morgan fingerprint density at radius 1 is 1.13 bits per heavy atom. The topological polar surface area (TPSA) is 95.5 Å². The first-order valence-electron chi connectivity index (χ1n) is 11.5. The van der Waals surface area contributed by atoms with Crippen molar-refractivity contribution in [1.82, 2.24) is 19.8 Å². The molecule has 0 aromatic rings. The SMILES string of the molecule is CCNC(=NCCS(=O)(=O)NCC1CCCCO1)N1CCC(CN2CCOCC2)C1. The molecule has 0 aromatic heterocycles. The van der Waals surface area contributed by atoms with Crippen LogP contribution < -0.4 is 10.0 Å². The second-order valence-corrected chi connectivity index (χ2v) is 10.3. The second kappa shape index (κ2) is 12.2. The van der Waals surface area contributed by atoms with Gasteiger partial charge in [-0.1, -0.05) is 0 Å². The number of likely N-dealkylation sites (tertiary alicyclic amines) is 1. The van der Waals surface area contributed by atoms with Crippen LogP contribution in [0, 0.1) is 5.92 Å². The van der Waals surface area contributed by atoms with Crippen LogP contribution in [0.2, 0.25) is 0 Å². The predicted octanol–water partition coefficient (Wildman–Crippen LogP) is 0.0945. The molecule has 0 aliphatic carbocycles. The minimum atomic E-state index is -3.35. The van der Waals surface area contributed by atoms with E-state index >= 15 is 0 Å². The number of aliphatic imine (C=N–C) groups is 1. The Labute approximate surface area is 181 Å². The van der Waals surface area contributed by atoms with Crippen molar-refractivity contribution in [2.45, 2.75) is 38.7 Å². The maximum atomic E-state index is 12.3. The maximum Gasteiger partial charge on any atom is 0.213 e. The molecule has 0 amide bonds. The molecule has 174 valence electrons. The molecule has 9 nitrogen and oxygen atoms in total. The summed E-state index contributed by atoms with van der Waals surface area (Å²) in [4.78, 5) is 9.35. The highest BCUT2D eigenvalue weighted by Crippen LogP contribution is 2.18. The van der Waals surface area contributed by atoms with Gasteiger partial charge in [0.05, 0.1) is 31.6 Å². The number of hydrogen-bond donors (Lipinski definition) is 2. The lowest BCUT2D eigenvalue weighted by Crippen LogP contribution is -2.42. The van der Waals surface area contributed by atoms with Gasteiger partial charge in [0.15, 0.2) is 5.96 Å². The van der Waals surface area contributed by atoms with E-state index in [1.807, 2.05) is 6.92 Å². The predicted molar refractivity (Wildman–Crippen MR) is 118 cm³/mol. The van der Waals surface area contributed by atoms with E-state index in [-0.39, 0.29) is 18.4 Å². The van der Waals surface area contributed by atoms with Crippen LogP contribution in [0.1, 0.15) is 32.6 Å². The summed E-state index contributed by atoms with van der Waals surface area (Å²) < 4.78 is 38.4. The van der Waals surface area contributed by atoms with E-state index < -0.39 is 10.0 Å². The lowest BCUT2D eigenvalue weighted by Gasteiger charge is -2.29. The third kappa shape index (κ3) is 7.96. The minimum absolute atomic E-state index is 0.000337. The van der Waals surface area contributed by atoms with Gasteiger partial charge in [0.1, 0.15) is 0 Å². The van der Waals surface area contributed by atoms with Gasteiger partial charge in [-0.05, 0) is 38.5 Å². The van der Waals surface area contributed by atoms with Gasteiger partial charge in [0.25, 0.3) is 0 Å². The van der Waals surface area contributed by atoms with Gasteiger partial charge in [-0.25, -0.2) is 13.1 Å². The van der Waals surface area contributed by atoms with Gasteiger partial charge in [-0.2, -0.15) is 0 Å². The van der Waals surface area contributed by atoms with E-state index in [0.717, 1.165) is 90.7 Å². The molecule has 2 unspecified atom stereocenters. The van der Waals surface area contributed by atoms with E-state index in [1.54, 1.807) is 0 Å². The Morgan fingerprint density at radius 3 is 2.70 bits per heavy atom. The molecule has 3 aliphatic heterocycles. The number of morpholine rings is 1. The van der Waals surface area contributed by atoms with Crippen molar-refractivity contribution < 1.29 is 17.9 Å². The van der Waals surface area contributed by atoms with Gasteiger partial charge in [0, 0.05) is 52.4 Å². The Bertz CT molecular complexity index is 633. The first-order chi connectivity index (χ1) is 14.6. The number of guanidine groups is 1. The molecule has 3 fully saturated rings. The van der Waals surface area contributed by atoms with Crippen molar-refractivity contribution in [3.05, 3.63) is 0 Å². The molecule has 3 saturated heterocycles. The number of nitrogens with one attached hydrogen (secondary N) is 2. The molecule has 0 aromatic carbocycles. The zero-order valence-electron chi connectivity index (χ0n) is 18.4. The molecule has 3 rings (SSSR count). The summed E-state index contributed by atoms with van der Waals surface area (Å²) in [7, 11) is -3.35. The fourth-order valence-electron chi connectivity index (χ4n) is 4.28. The summed E-state index contributed by atoms with van der Waals surface area (Å²) in [6, 6.07) is 0. The summed E-state index contributed by atoms with van der Waals surface area (Å²) in [6.45, 7) is 10.9. The van der Waals surface area contributed by atoms with Crippen LogP contribution in [0.15, 0.2) is 4.99 Å². The first-order valence-corrected chi connectivity index (χ1v) is 13.1. The third-order valence-electron chi connectivity index (χ3n) is 5.97. The van der Waals surface area contributed by atoms with Gasteiger partial charge < -0.3 is 19.7 Å². The third-order valence-corrected chi connectivity index (χ3v) is 7.29. The summed E-state index contributed by atoms with van der Waals surface area (Å²) in [6.07, 6.45) is 4.23. The van der Waals surface area contributed by atoms with E-state index in [2.05, 4.69) is 24.8 Å². The molecule has 3 aliphatic rings. The van der Waals surface area contributed by atoms with Crippen LogP contribution in [0.5, 0.6) is 0 Å². The number of rotatable bonds is 9. The summed E-state index contributed by atoms with van der Waals surface area (Å²) >= 11 is 0. The van der Waals surface area contributed by atoms with Gasteiger partial charge in [-0.15, -0.1) is 0 Å². The maximum absolute atomic E-state index is 12.3. The monoisotopic (exact) mass is 445 g/mol. The van der Waals surface area contributed by atoms with Crippen molar-refractivity contribution in [2.24, 2.45) is 10.9 Å². The molecule has 0 saturated carbocycles. The quantitative estimate of drug-likeness (QED) is 0.384. The molecule has 3 heterocycles. The average molecular weight is 446 g/mol. The number of nitrogens with zero attached hydrogens (tertiary/aromatic N) is 3. The number of hydrogen-bond acceptors (Lipinski definition) is 6. The van der Waals surface area contributed by atoms with Gasteiger partial charge >= 0.3 is 0 Å². The standard InChI is InChI=1S/C20H39N5O4S/c1-2-21-20(25-8-6-18(17-25)16-24-9-12-28-13-10-24)22-7-14-30(26,27)23-15-19-5-3-4-11-29-19/h18-19,23H,2-17H2,1H3,(H,21,22). The zero-order chi connectivity index (χ0) is 21.2. The first kappa shape index (κ1) is 23.7. The molecule has 2 atom stereocenters. The van der Waals surface area contributed by atoms with Crippen molar-refractivity contribution >= 4 is 16.0 Å². The fraction of sp³-hybridized carbons (Fsp3) is 0.950. The molecule has 0 bridgehead atoms. The number of ether oxygens (including phenoxy) is 2. The molecule has 0 radical (unpaired) electrons. The van der Waals surface area contributed by atoms with E-state index in [0.29, 0.717) is 12.5 Å². The molecular formula is C20H39N5O4S. The minimum Gasteiger partial charge on any atom is -0.379 e. The lowest BCUT2D eigenvalue weighted by atomic mass is 10.1. The van der Waals surface area contributed by atoms with E-state index in [1.165, 1.54) is 0 Å². The van der Waals surface area contributed by atoms with Crippen LogP contribution in [-0.2, 0) is 19.5 Å². The van der Waals surface area contributed by atoms with Crippen molar-refractivity contribution in [3.63, 3.8) is 0 Å². The Morgan fingerprint density at radius 2 is 1.97 bits per heavy atom. The summed E-state index contributed by atoms with van der Waals surface area (Å²) in [5.41, 5.74) is 0. The van der Waals surface area contributed by atoms with Crippen LogP contribution in [0.4, 0.5) is 0 Å². The molecule has 0 spiro atoms. The Hall–Kier alpha value is -0.940. The number of sulfonamides is 1. The largest absolute Gasteiger partial charge is 0.379 e. The Kier molecular flexibility index (Phi) is 9.64. The highest BCUT2D eigenvalue weighted by atomic mass is 32.2. The van der Waals surface area contributed by atoms with Crippen molar-refractivity contribution in [3.8, 4) is 0 Å². The van der Waals surface area contributed by atoms with Crippen molar-refractivity contribution in [1.29, 1.82) is 0 Å². The average Bonchev–Trinajstić information content (AvgIpc) is 3.21.